The van der Waals surface area contributed by atoms with Crippen molar-refractivity contribution < 1.29 is 9.59 Å². The van der Waals surface area contributed by atoms with Crippen LogP contribution in [0.5, 0.6) is 0 Å². The molecule has 0 unspecified atom stereocenters. The summed E-state index contributed by atoms with van der Waals surface area (Å²) in [5.41, 5.74) is 9.73. The summed E-state index contributed by atoms with van der Waals surface area (Å²) >= 11 is 0. The Bertz CT molecular complexity index is 949. The van der Waals surface area contributed by atoms with Gasteiger partial charge in [0.15, 0.2) is 5.78 Å². The largest absolute Gasteiger partial charge is 0.382 e. The van der Waals surface area contributed by atoms with Gasteiger partial charge in [-0.25, -0.2) is 0 Å². The maximum Gasteiger partial charge on any atom is 0.250 e. The number of nitrogens with one attached hydrogen (secondary N) is 1. The fourth-order valence-corrected chi connectivity index (χ4v) is 4.83. The standard InChI is InChI=1S/C24H31N3O2/c1-15-4-6-16(7-5-15)26-20-12-17(8-9-18(20)23(25)29)27-11-10-19-21(27)13-24(2,3)14-22(19)28/h8-12,15-16,26H,4-7,13-14H2,1-3H3,(H2,25,29). The molecule has 2 aliphatic rings. The molecule has 0 atom stereocenters. The molecule has 2 aromatic rings. The van der Waals surface area contributed by atoms with Gasteiger partial charge in [0.05, 0.1) is 5.56 Å². The quantitative estimate of drug-likeness (QED) is 0.789. The van der Waals surface area contributed by atoms with Crippen LogP contribution in [0.2, 0.25) is 0 Å². The van der Waals surface area contributed by atoms with Gasteiger partial charge in [0.25, 0.3) is 5.91 Å². The first-order chi connectivity index (χ1) is 13.7. The van der Waals surface area contributed by atoms with Crippen molar-refractivity contribution in [3.8, 4) is 5.69 Å². The number of carbonyl (C=O) groups excluding carboxylic acids is 2. The van der Waals surface area contributed by atoms with E-state index in [1.807, 2.05) is 24.4 Å². The molecule has 5 nitrogen and oxygen atoms in total. The molecule has 1 amide bonds. The van der Waals surface area contributed by atoms with Crippen molar-refractivity contribution in [2.45, 2.75) is 65.3 Å². The number of Topliss-reactive ketones (excluding diaryl/α,β-unsaturated/α-hetero) is 1. The van der Waals surface area contributed by atoms with Gasteiger partial charge >= 0.3 is 0 Å². The Morgan fingerprint density at radius 1 is 1.14 bits per heavy atom. The molecule has 29 heavy (non-hydrogen) atoms. The van der Waals surface area contributed by atoms with Gasteiger partial charge < -0.3 is 15.6 Å². The van der Waals surface area contributed by atoms with Crippen molar-refractivity contribution in [3.05, 3.63) is 47.3 Å². The van der Waals surface area contributed by atoms with Gasteiger partial charge in [0.1, 0.15) is 0 Å². The Kier molecular flexibility index (Phi) is 5.01. The molecule has 0 spiro atoms. The zero-order valence-electron chi connectivity index (χ0n) is 17.6. The van der Waals surface area contributed by atoms with Crippen LogP contribution in [0.25, 0.3) is 5.69 Å². The number of ketones is 1. The third-order valence-electron chi connectivity index (χ3n) is 6.50. The summed E-state index contributed by atoms with van der Waals surface area (Å²) in [6.07, 6.45) is 8.00. The van der Waals surface area contributed by atoms with Crippen LogP contribution in [-0.4, -0.2) is 22.3 Å². The minimum absolute atomic E-state index is 0.0484. The van der Waals surface area contributed by atoms with Gasteiger partial charge in [-0.15, -0.1) is 0 Å². The first-order valence-electron chi connectivity index (χ1n) is 10.7. The number of nitrogens with two attached hydrogens (primary N) is 1. The zero-order chi connectivity index (χ0) is 20.8. The molecule has 154 valence electrons. The molecule has 0 aliphatic heterocycles. The topological polar surface area (TPSA) is 77.1 Å². The summed E-state index contributed by atoms with van der Waals surface area (Å²) in [7, 11) is 0. The molecule has 1 heterocycles. The van der Waals surface area contributed by atoms with Crippen LogP contribution < -0.4 is 11.1 Å². The van der Waals surface area contributed by atoms with Crippen LogP contribution in [-0.2, 0) is 6.42 Å². The lowest BCUT2D eigenvalue weighted by atomic mass is 9.76. The lowest BCUT2D eigenvalue weighted by Gasteiger charge is -2.30. The van der Waals surface area contributed by atoms with E-state index in [1.165, 1.54) is 12.8 Å². The van der Waals surface area contributed by atoms with Crippen molar-refractivity contribution in [2.24, 2.45) is 17.1 Å². The second kappa shape index (κ2) is 7.36. The molecule has 1 saturated carbocycles. The number of aromatic nitrogens is 1. The first-order valence-corrected chi connectivity index (χ1v) is 10.7. The van der Waals surface area contributed by atoms with E-state index in [-0.39, 0.29) is 11.2 Å². The van der Waals surface area contributed by atoms with Crippen LogP contribution in [0, 0.1) is 11.3 Å². The monoisotopic (exact) mass is 393 g/mol. The highest BCUT2D eigenvalue weighted by molar-refractivity contribution is 6.00. The lowest BCUT2D eigenvalue weighted by Crippen LogP contribution is -2.28. The van der Waals surface area contributed by atoms with Crippen LogP contribution in [0.4, 0.5) is 5.69 Å². The highest BCUT2D eigenvalue weighted by Crippen LogP contribution is 2.37. The van der Waals surface area contributed by atoms with Gasteiger partial charge in [-0.3, -0.25) is 9.59 Å². The molecule has 5 heteroatoms. The molecule has 0 bridgehead atoms. The lowest BCUT2D eigenvalue weighted by molar-refractivity contribution is 0.0910. The predicted octanol–water partition coefficient (Wildman–Crippen LogP) is 4.72. The molecule has 1 aromatic heterocycles. The zero-order valence-corrected chi connectivity index (χ0v) is 17.6. The van der Waals surface area contributed by atoms with Crippen molar-refractivity contribution >= 4 is 17.4 Å². The summed E-state index contributed by atoms with van der Waals surface area (Å²) in [6, 6.07) is 8.00. The first kappa shape index (κ1) is 19.7. The second-order valence-corrected chi connectivity index (χ2v) is 9.68. The second-order valence-electron chi connectivity index (χ2n) is 9.68. The van der Waals surface area contributed by atoms with Crippen LogP contribution in [0.15, 0.2) is 30.5 Å². The highest BCUT2D eigenvalue weighted by Gasteiger charge is 2.33. The molecule has 2 aliphatic carbocycles. The number of primary amides is 1. The Morgan fingerprint density at radius 2 is 1.86 bits per heavy atom. The Balaban J connectivity index is 1.69. The van der Waals surface area contributed by atoms with E-state index in [0.29, 0.717) is 18.0 Å². The van der Waals surface area contributed by atoms with Crippen molar-refractivity contribution in [2.75, 3.05) is 5.32 Å². The van der Waals surface area contributed by atoms with E-state index in [4.69, 9.17) is 5.73 Å². The van der Waals surface area contributed by atoms with E-state index < -0.39 is 5.91 Å². The predicted molar refractivity (Wildman–Crippen MR) is 116 cm³/mol. The Hall–Kier alpha value is -2.56. The van der Waals surface area contributed by atoms with Gasteiger partial charge in [0, 0.05) is 41.3 Å². The highest BCUT2D eigenvalue weighted by atomic mass is 16.1. The van der Waals surface area contributed by atoms with E-state index in [9.17, 15) is 9.59 Å². The maximum absolute atomic E-state index is 12.6. The molecule has 0 saturated heterocycles. The van der Waals surface area contributed by atoms with Gasteiger partial charge in [-0.1, -0.05) is 20.8 Å². The Morgan fingerprint density at radius 3 is 2.55 bits per heavy atom. The summed E-state index contributed by atoms with van der Waals surface area (Å²) in [4.78, 5) is 24.6. The smallest absolute Gasteiger partial charge is 0.250 e. The molecular weight excluding hydrogens is 362 g/mol. The normalized spacial score (nSPS) is 23.5. The number of hydrogen-bond donors (Lipinski definition) is 2. The number of amides is 1. The number of fused-ring (bicyclic) bond motifs is 1. The summed E-state index contributed by atoms with van der Waals surface area (Å²) in [5, 5.41) is 3.58. The van der Waals surface area contributed by atoms with E-state index >= 15 is 0 Å². The molecule has 3 N–H and O–H groups in total. The van der Waals surface area contributed by atoms with Gasteiger partial charge in [-0.2, -0.15) is 0 Å². The molecule has 1 aromatic carbocycles. The summed E-state index contributed by atoms with van der Waals surface area (Å²) in [6.45, 7) is 6.57. The number of benzene rings is 1. The van der Waals surface area contributed by atoms with Gasteiger partial charge in [0.2, 0.25) is 0 Å². The molecule has 4 rings (SSSR count). The van der Waals surface area contributed by atoms with Crippen LogP contribution >= 0.6 is 0 Å². The van der Waals surface area contributed by atoms with Crippen molar-refractivity contribution in [3.63, 3.8) is 0 Å². The molecular formula is C24H31N3O2. The molecule has 1 fully saturated rings. The number of carbonyl (C=O) groups is 2. The number of hydrogen-bond acceptors (Lipinski definition) is 3. The number of nitrogens with zero attached hydrogens (tertiary/aromatic N) is 1. The van der Waals surface area contributed by atoms with Gasteiger partial charge in [-0.05, 0) is 67.7 Å². The minimum atomic E-state index is -0.422. The minimum Gasteiger partial charge on any atom is -0.382 e. The summed E-state index contributed by atoms with van der Waals surface area (Å²) in [5.74, 6) is 0.551. The van der Waals surface area contributed by atoms with E-state index in [2.05, 4.69) is 30.7 Å². The molecule has 0 radical (unpaired) electrons. The van der Waals surface area contributed by atoms with E-state index in [0.717, 1.165) is 47.8 Å². The number of anilines is 1. The average molecular weight is 394 g/mol. The van der Waals surface area contributed by atoms with Crippen molar-refractivity contribution in [1.29, 1.82) is 0 Å². The van der Waals surface area contributed by atoms with Crippen molar-refractivity contribution in [1.82, 2.24) is 4.57 Å². The van der Waals surface area contributed by atoms with Crippen LogP contribution in [0.1, 0.15) is 79.3 Å². The van der Waals surface area contributed by atoms with Crippen LogP contribution in [0.3, 0.4) is 0 Å². The average Bonchev–Trinajstić information content (AvgIpc) is 3.06. The third-order valence-corrected chi connectivity index (χ3v) is 6.50. The Labute approximate surface area is 172 Å². The van der Waals surface area contributed by atoms with E-state index in [1.54, 1.807) is 6.07 Å². The fourth-order valence-electron chi connectivity index (χ4n) is 4.83. The summed E-state index contributed by atoms with van der Waals surface area (Å²) < 4.78 is 2.09. The fraction of sp³-hybridized carbons (Fsp3) is 0.500. The number of rotatable bonds is 4. The third kappa shape index (κ3) is 3.96. The SMILES string of the molecule is CC1CCC(Nc2cc(-n3ccc4c3CC(C)(C)CC4=O)ccc2C(N)=O)CC1. The maximum atomic E-state index is 12.6.